The fraction of sp³-hybridized carbons (Fsp3) is 1.00. The van der Waals surface area contributed by atoms with Crippen molar-refractivity contribution in [3.63, 3.8) is 0 Å². The van der Waals surface area contributed by atoms with E-state index in [-0.39, 0.29) is 0 Å². The van der Waals surface area contributed by atoms with Crippen LogP contribution in [0.15, 0.2) is 0 Å². The number of aliphatic hydroxyl groups is 1. The Kier molecular flexibility index (Phi) is 14.2. The maximum absolute atomic E-state index is 8.70. The first-order chi connectivity index (χ1) is 6.00. The zero-order valence-corrected chi connectivity index (χ0v) is 9.20. The molecule has 0 heterocycles. The van der Waals surface area contributed by atoms with Crippen molar-refractivity contribution in [2.45, 2.75) is 39.5 Å². The molecule has 0 aromatic carbocycles. The Bertz CT molecular complexity index is 113. The van der Waals surface area contributed by atoms with Crippen LogP contribution in [0.5, 0.6) is 0 Å². The van der Waals surface area contributed by atoms with Crippen molar-refractivity contribution in [1.82, 2.24) is 0 Å². The summed E-state index contributed by atoms with van der Waals surface area (Å²) in [6.07, 6.45) is 4.75. The predicted octanol–water partition coefficient (Wildman–Crippen LogP) is 1.82. The van der Waals surface area contributed by atoms with Gasteiger partial charge < -0.3 is 5.11 Å². The standard InChI is InChI=1S/C8H18O.HO3P/c1-8(2)6-4-3-5-7-9;1-4(2)3/h8-9H,3-7H2,1-2H3;(H-,1,2,3)/p+1. The van der Waals surface area contributed by atoms with Gasteiger partial charge in [-0.05, 0) is 12.3 Å². The van der Waals surface area contributed by atoms with Crippen LogP contribution in [-0.2, 0) is 4.57 Å². The minimum absolute atomic E-state index is 0.359. The summed E-state index contributed by atoms with van der Waals surface area (Å²) in [5.41, 5.74) is 0. The molecule has 0 fully saturated rings. The first-order valence-electron chi connectivity index (χ1n) is 4.46. The minimum atomic E-state index is -2.87. The molecule has 0 spiro atoms. The quantitative estimate of drug-likeness (QED) is 0.479. The SMILES string of the molecule is CC(C)CCCCCO.O=[P+](O)O. The summed E-state index contributed by atoms with van der Waals surface area (Å²) in [7, 11) is -2.87. The molecule has 0 radical (unpaired) electrons. The highest BCUT2D eigenvalue weighted by molar-refractivity contribution is 7.30. The highest BCUT2D eigenvalue weighted by Crippen LogP contribution is 2.06. The zero-order valence-electron chi connectivity index (χ0n) is 8.31. The van der Waals surface area contributed by atoms with E-state index in [0.29, 0.717) is 6.61 Å². The van der Waals surface area contributed by atoms with Crippen molar-refractivity contribution in [2.24, 2.45) is 5.92 Å². The molecule has 0 saturated carbocycles. The highest BCUT2D eigenvalue weighted by atomic mass is 31.1. The average Bonchev–Trinajstić information content (AvgIpc) is 1.97. The minimum Gasteiger partial charge on any atom is -0.396 e. The Balaban J connectivity index is 0. The molecule has 0 aliphatic rings. The van der Waals surface area contributed by atoms with E-state index < -0.39 is 8.25 Å². The molecule has 3 N–H and O–H groups in total. The Morgan fingerprint density at radius 2 is 1.62 bits per heavy atom. The number of hydrogen-bond acceptors (Lipinski definition) is 2. The van der Waals surface area contributed by atoms with E-state index >= 15 is 0 Å². The van der Waals surface area contributed by atoms with Gasteiger partial charge in [-0.2, -0.15) is 0 Å². The van der Waals surface area contributed by atoms with Gasteiger partial charge in [-0.3, -0.25) is 0 Å². The third-order valence-electron chi connectivity index (χ3n) is 1.44. The van der Waals surface area contributed by atoms with Gasteiger partial charge in [0.15, 0.2) is 0 Å². The van der Waals surface area contributed by atoms with E-state index in [9.17, 15) is 0 Å². The maximum atomic E-state index is 8.70. The molecule has 0 aliphatic carbocycles. The van der Waals surface area contributed by atoms with Gasteiger partial charge in [-0.25, -0.2) is 0 Å². The van der Waals surface area contributed by atoms with Gasteiger partial charge in [-0.15, -0.1) is 9.79 Å². The predicted molar refractivity (Wildman–Crippen MR) is 52.4 cm³/mol. The number of unbranched alkanes of at least 4 members (excludes halogenated alkanes) is 2. The Hall–Kier alpha value is -0.0200. The van der Waals surface area contributed by atoms with Gasteiger partial charge in [0.25, 0.3) is 0 Å². The second-order valence-electron chi connectivity index (χ2n) is 3.22. The van der Waals surface area contributed by atoms with Crippen LogP contribution in [0.1, 0.15) is 39.5 Å². The van der Waals surface area contributed by atoms with Gasteiger partial charge in [0.05, 0.1) is 0 Å². The number of aliphatic hydroxyl groups excluding tert-OH is 1. The highest BCUT2D eigenvalue weighted by Gasteiger charge is 1.93. The average molecular weight is 211 g/mol. The van der Waals surface area contributed by atoms with Gasteiger partial charge in [-0.1, -0.05) is 33.1 Å². The van der Waals surface area contributed by atoms with Crippen molar-refractivity contribution >= 4 is 8.25 Å². The summed E-state index contributed by atoms with van der Waals surface area (Å²) in [6, 6.07) is 0. The van der Waals surface area contributed by atoms with Crippen molar-refractivity contribution in [2.75, 3.05) is 6.61 Å². The van der Waals surface area contributed by atoms with E-state index in [1.807, 2.05) is 0 Å². The number of rotatable bonds is 5. The summed E-state index contributed by atoms with van der Waals surface area (Å²) in [5, 5.41) is 8.43. The summed E-state index contributed by atoms with van der Waals surface area (Å²) in [4.78, 5) is 14.2. The first-order valence-corrected chi connectivity index (χ1v) is 5.63. The molecule has 0 amide bonds. The smallest absolute Gasteiger partial charge is 0.396 e. The number of hydrogen-bond donors (Lipinski definition) is 3. The summed E-state index contributed by atoms with van der Waals surface area (Å²) >= 11 is 0. The molecule has 0 rings (SSSR count). The second-order valence-corrected chi connectivity index (χ2v) is 3.73. The lowest BCUT2D eigenvalue weighted by atomic mass is 10.1. The molecule has 0 bridgehead atoms. The molecule has 0 aromatic heterocycles. The lowest BCUT2D eigenvalue weighted by molar-refractivity contribution is 0.281. The van der Waals surface area contributed by atoms with Crippen molar-refractivity contribution < 1.29 is 19.5 Å². The molecule has 13 heavy (non-hydrogen) atoms. The third kappa shape index (κ3) is 33.4. The van der Waals surface area contributed by atoms with Gasteiger partial charge in [0.2, 0.25) is 0 Å². The maximum Gasteiger partial charge on any atom is 0.692 e. The van der Waals surface area contributed by atoms with Gasteiger partial charge in [0.1, 0.15) is 0 Å². The van der Waals surface area contributed by atoms with Crippen LogP contribution in [0.2, 0.25) is 0 Å². The van der Waals surface area contributed by atoms with Crippen LogP contribution < -0.4 is 0 Å². The fourth-order valence-corrected chi connectivity index (χ4v) is 0.841. The largest absolute Gasteiger partial charge is 0.692 e. The second kappa shape index (κ2) is 12.0. The van der Waals surface area contributed by atoms with Crippen LogP contribution >= 0.6 is 8.25 Å². The van der Waals surface area contributed by atoms with E-state index in [2.05, 4.69) is 13.8 Å². The molecule has 0 atom stereocenters. The molecule has 5 heteroatoms. The summed E-state index contributed by atoms with van der Waals surface area (Å²) in [6.45, 7) is 4.83. The zero-order chi connectivity index (χ0) is 10.7. The van der Waals surface area contributed by atoms with Crippen LogP contribution in [0.4, 0.5) is 0 Å². The van der Waals surface area contributed by atoms with Crippen LogP contribution in [0, 0.1) is 5.92 Å². The fourth-order valence-electron chi connectivity index (χ4n) is 0.841. The van der Waals surface area contributed by atoms with Crippen molar-refractivity contribution in [1.29, 1.82) is 0 Å². The van der Waals surface area contributed by atoms with Gasteiger partial charge >= 0.3 is 8.25 Å². The Labute approximate surface area is 80.6 Å². The summed E-state index contributed by atoms with van der Waals surface area (Å²) in [5.74, 6) is 0.823. The molecule has 0 aromatic rings. The lowest BCUT2D eigenvalue weighted by Gasteiger charge is -2.01. The van der Waals surface area contributed by atoms with Crippen LogP contribution in [0.3, 0.4) is 0 Å². The van der Waals surface area contributed by atoms with Crippen LogP contribution in [0.25, 0.3) is 0 Å². The normalized spacial score (nSPS) is 9.38. The van der Waals surface area contributed by atoms with E-state index in [1.54, 1.807) is 0 Å². The van der Waals surface area contributed by atoms with Crippen LogP contribution in [-0.4, -0.2) is 21.5 Å². The van der Waals surface area contributed by atoms with Crippen molar-refractivity contribution in [3.8, 4) is 0 Å². The first kappa shape index (κ1) is 15.5. The van der Waals surface area contributed by atoms with E-state index in [4.69, 9.17) is 19.5 Å². The Morgan fingerprint density at radius 3 is 1.92 bits per heavy atom. The molecule has 0 unspecified atom stereocenters. The monoisotopic (exact) mass is 211 g/mol. The molecular weight excluding hydrogens is 191 g/mol. The topological polar surface area (TPSA) is 77.8 Å². The molecule has 80 valence electrons. The molecule has 0 aliphatic heterocycles. The van der Waals surface area contributed by atoms with Gasteiger partial charge in [0, 0.05) is 11.2 Å². The molecule has 4 nitrogen and oxygen atoms in total. The third-order valence-corrected chi connectivity index (χ3v) is 1.44. The van der Waals surface area contributed by atoms with E-state index in [1.165, 1.54) is 19.3 Å². The molecule has 0 saturated heterocycles. The molecular formula is C8H20O4P+. The summed E-state index contributed by atoms with van der Waals surface area (Å²) < 4.78 is 8.70. The van der Waals surface area contributed by atoms with E-state index in [0.717, 1.165) is 12.3 Å². The van der Waals surface area contributed by atoms with Crippen molar-refractivity contribution in [3.05, 3.63) is 0 Å². The lowest BCUT2D eigenvalue weighted by Crippen LogP contribution is -1.88. The Morgan fingerprint density at radius 1 is 1.15 bits per heavy atom.